The van der Waals surface area contributed by atoms with Crippen molar-refractivity contribution in [2.24, 2.45) is 5.73 Å². The average molecular weight is 358 g/mol. The van der Waals surface area contributed by atoms with Crippen LogP contribution in [-0.2, 0) is 0 Å². The van der Waals surface area contributed by atoms with Crippen LogP contribution in [0.25, 0.3) is 0 Å². The molecule has 0 bridgehead atoms. The minimum Gasteiger partial charge on any atom is -0.496 e. The first-order valence-corrected chi connectivity index (χ1v) is 5.88. The lowest BCUT2D eigenvalue weighted by atomic mass is 10.0. The van der Waals surface area contributed by atoms with E-state index in [1.807, 2.05) is 12.1 Å². The van der Waals surface area contributed by atoms with Crippen molar-refractivity contribution in [2.45, 2.75) is 19.4 Å². The molecule has 2 N–H and O–H groups in total. The molecule has 5 heteroatoms. The van der Waals surface area contributed by atoms with Crippen LogP contribution in [0.1, 0.15) is 24.9 Å². The van der Waals surface area contributed by atoms with Crippen molar-refractivity contribution in [1.29, 1.82) is 0 Å². The Morgan fingerprint density at radius 1 is 1.25 bits per heavy atom. The molecule has 92 valence electrons. The fourth-order valence-corrected chi connectivity index (χ4v) is 2.05. The van der Waals surface area contributed by atoms with Gasteiger partial charge in [-0.2, -0.15) is 0 Å². The zero-order valence-electron chi connectivity index (χ0n) is 9.62. The molecule has 0 saturated carbocycles. The van der Waals surface area contributed by atoms with Crippen LogP contribution in [0.4, 0.5) is 0 Å². The number of hydrogen-bond acceptors (Lipinski definition) is 3. The Morgan fingerprint density at radius 3 is 2.25 bits per heavy atom. The highest BCUT2D eigenvalue weighted by molar-refractivity contribution is 14.1. The summed E-state index contributed by atoms with van der Waals surface area (Å²) in [4.78, 5) is 0. The van der Waals surface area contributed by atoms with Gasteiger partial charge in [-0.25, -0.2) is 0 Å². The highest BCUT2D eigenvalue weighted by Crippen LogP contribution is 2.33. The Labute approximate surface area is 116 Å². The van der Waals surface area contributed by atoms with Crippen molar-refractivity contribution >= 4 is 35.0 Å². The highest BCUT2D eigenvalue weighted by Gasteiger charge is 2.14. The van der Waals surface area contributed by atoms with E-state index in [4.69, 9.17) is 15.2 Å². The van der Waals surface area contributed by atoms with Gasteiger partial charge >= 0.3 is 0 Å². The van der Waals surface area contributed by atoms with E-state index in [1.54, 1.807) is 14.2 Å². The third kappa shape index (κ3) is 3.40. The molecular formula is C11H17ClINO2. The summed E-state index contributed by atoms with van der Waals surface area (Å²) < 4.78 is 11.6. The van der Waals surface area contributed by atoms with Crippen LogP contribution in [-0.4, -0.2) is 14.2 Å². The topological polar surface area (TPSA) is 44.5 Å². The SMILES string of the molecule is CCC(N)c1cc(OC)c(I)cc1OC.Cl. The van der Waals surface area contributed by atoms with Crippen LogP contribution in [0.3, 0.4) is 0 Å². The number of hydrogen-bond donors (Lipinski definition) is 1. The molecule has 0 heterocycles. The molecule has 0 spiro atoms. The first kappa shape index (κ1) is 15.8. The highest BCUT2D eigenvalue weighted by atomic mass is 127. The van der Waals surface area contributed by atoms with Crippen LogP contribution >= 0.6 is 35.0 Å². The standard InChI is InChI=1S/C11H16INO2.ClH/c1-4-9(13)7-5-11(15-3)8(12)6-10(7)14-2;/h5-6,9H,4,13H2,1-3H3;1H. The molecule has 0 saturated heterocycles. The second-order valence-electron chi connectivity index (χ2n) is 3.24. The van der Waals surface area contributed by atoms with Crippen molar-refractivity contribution in [2.75, 3.05) is 14.2 Å². The lowest BCUT2D eigenvalue weighted by Gasteiger charge is -2.16. The van der Waals surface area contributed by atoms with Gasteiger partial charge < -0.3 is 15.2 Å². The predicted molar refractivity (Wildman–Crippen MR) is 76.7 cm³/mol. The predicted octanol–water partition coefficient (Wildman–Crippen LogP) is 3.14. The number of benzene rings is 1. The Kier molecular flexibility index (Phi) is 7.10. The number of rotatable bonds is 4. The molecule has 0 radical (unpaired) electrons. The maximum Gasteiger partial charge on any atom is 0.132 e. The van der Waals surface area contributed by atoms with Crippen molar-refractivity contribution in [1.82, 2.24) is 0 Å². The first-order chi connectivity index (χ1) is 7.13. The third-order valence-corrected chi connectivity index (χ3v) is 3.19. The van der Waals surface area contributed by atoms with Gasteiger partial charge in [-0.3, -0.25) is 0 Å². The van der Waals surface area contributed by atoms with Crippen LogP contribution in [0, 0.1) is 3.57 Å². The molecule has 0 aliphatic heterocycles. The normalized spacial score (nSPS) is 11.6. The Bertz CT molecular complexity index is 347. The third-order valence-electron chi connectivity index (χ3n) is 2.34. The Balaban J connectivity index is 0.00000225. The van der Waals surface area contributed by atoms with E-state index >= 15 is 0 Å². The van der Waals surface area contributed by atoms with E-state index in [9.17, 15) is 0 Å². The zero-order chi connectivity index (χ0) is 11.4. The maximum absolute atomic E-state index is 6.01. The lowest BCUT2D eigenvalue weighted by Crippen LogP contribution is -2.10. The van der Waals surface area contributed by atoms with Crippen molar-refractivity contribution in [3.63, 3.8) is 0 Å². The average Bonchev–Trinajstić information content (AvgIpc) is 2.27. The van der Waals surface area contributed by atoms with Gasteiger partial charge in [0.25, 0.3) is 0 Å². The van der Waals surface area contributed by atoms with Gasteiger partial charge in [-0.1, -0.05) is 6.92 Å². The largest absolute Gasteiger partial charge is 0.496 e. The van der Waals surface area contributed by atoms with Gasteiger partial charge in [0, 0.05) is 11.6 Å². The van der Waals surface area contributed by atoms with Crippen molar-refractivity contribution in [3.05, 3.63) is 21.3 Å². The number of halogens is 2. The second kappa shape index (κ2) is 7.19. The van der Waals surface area contributed by atoms with Crippen molar-refractivity contribution in [3.8, 4) is 11.5 Å². The summed E-state index contributed by atoms with van der Waals surface area (Å²) in [5.41, 5.74) is 7.00. The van der Waals surface area contributed by atoms with Gasteiger partial charge in [-0.05, 0) is 41.1 Å². The molecule has 16 heavy (non-hydrogen) atoms. The van der Waals surface area contributed by atoms with E-state index in [2.05, 4.69) is 29.5 Å². The minimum absolute atomic E-state index is 0. The number of ether oxygens (including phenoxy) is 2. The fraction of sp³-hybridized carbons (Fsp3) is 0.455. The van der Waals surface area contributed by atoms with E-state index < -0.39 is 0 Å². The van der Waals surface area contributed by atoms with Crippen LogP contribution < -0.4 is 15.2 Å². The molecule has 3 nitrogen and oxygen atoms in total. The summed E-state index contributed by atoms with van der Waals surface area (Å²) in [7, 11) is 3.31. The van der Waals surface area contributed by atoms with E-state index in [-0.39, 0.29) is 18.4 Å². The summed E-state index contributed by atoms with van der Waals surface area (Å²) in [6.45, 7) is 2.05. The Morgan fingerprint density at radius 2 is 1.81 bits per heavy atom. The second-order valence-corrected chi connectivity index (χ2v) is 4.41. The monoisotopic (exact) mass is 357 g/mol. The molecule has 1 unspecified atom stereocenters. The van der Waals surface area contributed by atoms with Crippen molar-refractivity contribution < 1.29 is 9.47 Å². The van der Waals surface area contributed by atoms with Crippen LogP contribution in [0.2, 0.25) is 0 Å². The summed E-state index contributed by atoms with van der Waals surface area (Å²) in [5.74, 6) is 1.67. The lowest BCUT2D eigenvalue weighted by molar-refractivity contribution is 0.392. The van der Waals surface area contributed by atoms with E-state index in [1.165, 1.54) is 0 Å². The summed E-state index contributed by atoms with van der Waals surface area (Å²) in [5, 5.41) is 0. The minimum atomic E-state index is -0.00847. The molecule has 1 rings (SSSR count). The molecule has 1 atom stereocenters. The van der Waals surface area contributed by atoms with Gasteiger partial charge in [-0.15, -0.1) is 12.4 Å². The number of methoxy groups -OCH3 is 2. The maximum atomic E-state index is 6.01. The molecule has 0 fully saturated rings. The fourth-order valence-electron chi connectivity index (χ4n) is 1.39. The summed E-state index contributed by atoms with van der Waals surface area (Å²) in [6.07, 6.45) is 0.875. The Hall–Kier alpha value is -0.200. The smallest absolute Gasteiger partial charge is 0.132 e. The quantitative estimate of drug-likeness (QED) is 0.842. The molecular weight excluding hydrogens is 340 g/mol. The van der Waals surface area contributed by atoms with Gasteiger partial charge in [0.15, 0.2) is 0 Å². The summed E-state index contributed by atoms with van der Waals surface area (Å²) in [6, 6.07) is 3.89. The molecule has 1 aromatic rings. The number of nitrogens with two attached hydrogens (primary N) is 1. The first-order valence-electron chi connectivity index (χ1n) is 4.81. The van der Waals surface area contributed by atoms with Gasteiger partial charge in [0.2, 0.25) is 0 Å². The van der Waals surface area contributed by atoms with Gasteiger partial charge in [0.05, 0.1) is 17.8 Å². The molecule has 0 aromatic heterocycles. The van der Waals surface area contributed by atoms with Crippen LogP contribution in [0.15, 0.2) is 12.1 Å². The molecule has 0 aliphatic carbocycles. The zero-order valence-corrected chi connectivity index (χ0v) is 12.6. The molecule has 0 amide bonds. The van der Waals surface area contributed by atoms with Gasteiger partial charge in [0.1, 0.15) is 11.5 Å². The van der Waals surface area contributed by atoms with E-state index in [0.29, 0.717) is 0 Å². The molecule has 0 aliphatic rings. The molecule has 1 aromatic carbocycles. The summed E-state index contributed by atoms with van der Waals surface area (Å²) >= 11 is 2.22. The van der Waals surface area contributed by atoms with Crippen LogP contribution in [0.5, 0.6) is 11.5 Å². The van der Waals surface area contributed by atoms with E-state index in [0.717, 1.165) is 27.1 Å².